The van der Waals surface area contributed by atoms with Gasteiger partial charge in [-0.15, -0.1) is 0 Å². The molecule has 3 rings (SSSR count). The first-order valence-corrected chi connectivity index (χ1v) is 10.2. The van der Waals surface area contributed by atoms with E-state index in [4.69, 9.17) is 0 Å². The fourth-order valence-electron chi connectivity index (χ4n) is 2.62. The van der Waals surface area contributed by atoms with Gasteiger partial charge < -0.3 is 5.32 Å². The van der Waals surface area contributed by atoms with E-state index in [0.29, 0.717) is 6.54 Å². The van der Waals surface area contributed by atoms with Gasteiger partial charge in [-0.3, -0.25) is 9.48 Å². The number of benzene rings is 2. The average Bonchev–Trinajstić information content (AvgIpc) is 3.20. The number of amides is 1. The third kappa shape index (κ3) is 5.24. The van der Waals surface area contributed by atoms with Crippen LogP contribution in [0, 0.1) is 0 Å². The number of carbonyl (C=O) groups is 1. The second-order valence-electron chi connectivity index (χ2n) is 6.33. The predicted octanol–water partition coefficient (Wildman–Crippen LogP) is 1.58. The molecule has 1 aromatic heterocycles. The minimum atomic E-state index is -3.74. The molecule has 0 saturated heterocycles. The zero-order valence-corrected chi connectivity index (χ0v) is 16.1. The van der Waals surface area contributed by atoms with Crippen LogP contribution in [0.3, 0.4) is 0 Å². The maximum atomic E-state index is 12.6. The Balaban J connectivity index is 1.65. The minimum absolute atomic E-state index is 0.0417. The summed E-state index contributed by atoms with van der Waals surface area (Å²) in [5.41, 5.74) is 1.12. The Morgan fingerprint density at radius 1 is 1.14 bits per heavy atom. The van der Waals surface area contributed by atoms with Crippen LogP contribution in [0.1, 0.15) is 22.8 Å². The standard InChI is InChI=1S/C19H21N5O3S/c1-15(12-24-14-20-13-21-24)23-19(25)17-8-5-9-18(10-17)28(26,27)22-11-16-6-3-2-4-7-16/h2-10,13-15,22H,11-12H2,1H3,(H,23,25). The van der Waals surface area contributed by atoms with Crippen molar-refractivity contribution in [1.82, 2.24) is 24.8 Å². The van der Waals surface area contributed by atoms with E-state index in [9.17, 15) is 13.2 Å². The van der Waals surface area contributed by atoms with E-state index >= 15 is 0 Å². The summed E-state index contributed by atoms with van der Waals surface area (Å²) >= 11 is 0. The number of sulfonamides is 1. The molecule has 1 atom stereocenters. The molecule has 28 heavy (non-hydrogen) atoms. The van der Waals surface area contributed by atoms with E-state index in [1.54, 1.807) is 23.1 Å². The van der Waals surface area contributed by atoms with Gasteiger partial charge in [0.1, 0.15) is 12.7 Å². The largest absolute Gasteiger partial charge is 0.348 e. The molecule has 1 amide bonds. The van der Waals surface area contributed by atoms with Crippen LogP contribution in [0.15, 0.2) is 72.1 Å². The Morgan fingerprint density at radius 2 is 1.93 bits per heavy atom. The number of nitrogens with one attached hydrogen (secondary N) is 2. The first-order valence-electron chi connectivity index (χ1n) is 8.71. The maximum Gasteiger partial charge on any atom is 0.251 e. The quantitative estimate of drug-likeness (QED) is 0.598. The molecule has 0 radical (unpaired) electrons. The first-order chi connectivity index (χ1) is 13.4. The van der Waals surface area contributed by atoms with Gasteiger partial charge >= 0.3 is 0 Å². The summed E-state index contributed by atoms with van der Waals surface area (Å²) in [5, 5.41) is 6.82. The maximum absolute atomic E-state index is 12.6. The van der Waals surface area contributed by atoms with E-state index < -0.39 is 10.0 Å². The normalized spacial score (nSPS) is 12.5. The van der Waals surface area contributed by atoms with Gasteiger partial charge in [-0.1, -0.05) is 36.4 Å². The first kappa shape index (κ1) is 19.7. The topological polar surface area (TPSA) is 106 Å². The van der Waals surface area contributed by atoms with Crippen LogP contribution in [0.5, 0.6) is 0 Å². The van der Waals surface area contributed by atoms with Crippen molar-refractivity contribution in [2.45, 2.75) is 31.0 Å². The van der Waals surface area contributed by atoms with Crippen molar-refractivity contribution in [3.8, 4) is 0 Å². The van der Waals surface area contributed by atoms with Gasteiger partial charge in [0.25, 0.3) is 5.91 Å². The molecule has 2 aromatic carbocycles. The van der Waals surface area contributed by atoms with Gasteiger partial charge in [0.15, 0.2) is 0 Å². The molecule has 3 aromatic rings. The molecule has 0 saturated carbocycles. The third-order valence-electron chi connectivity index (χ3n) is 4.02. The summed E-state index contributed by atoms with van der Waals surface area (Å²) in [4.78, 5) is 16.4. The molecular weight excluding hydrogens is 378 g/mol. The van der Waals surface area contributed by atoms with Crippen molar-refractivity contribution in [1.29, 1.82) is 0 Å². The van der Waals surface area contributed by atoms with E-state index in [1.807, 2.05) is 37.3 Å². The lowest BCUT2D eigenvalue weighted by atomic mass is 10.2. The highest BCUT2D eigenvalue weighted by Crippen LogP contribution is 2.13. The second-order valence-corrected chi connectivity index (χ2v) is 8.10. The minimum Gasteiger partial charge on any atom is -0.348 e. The molecule has 0 fully saturated rings. The van der Waals surface area contributed by atoms with E-state index in [0.717, 1.165) is 5.56 Å². The van der Waals surface area contributed by atoms with Gasteiger partial charge in [0.05, 0.1) is 11.4 Å². The molecule has 1 unspecified atom stereocenters. The fraction of sp³-hybridized carbons (Fsp3) is 0.211. The Hall–Kier alpha value is -3.04. The summed E-state index contributed by atoms with van der Waals surface area (Å²) in [7, 11) is -3.74. The van der Waals surface area contributed by atoms with Gasteiger partial charge in [-0.05, 0) is 30.7 Å². The number of hydrogen-bond acceptors (Lipinski definition) is 5. The van der Waals surface area contributed by atoms with Gasteiger partial charge in [-0.25, -0.2) is 18.1 Å². The summed E-state index contributed by atoms with van der Waals surface area (Å²) in [6.45, 7) is 2.47. The summed E-state index contributed by atoms with van der Waals surface area (Å²) < 4.78 is 29.3. The summed E-state index contributed by atoms with van der Waals surface area (Å²) in [5.74, 6) is -0.354. The number of nitrogens with zero attached hydrogens (tertiary/aromatic N) is 3. The smallest absolute Gasteiger partial charge is 0.251 e. The number of carbonyl (C=O) groups excluding carboxylic acids is 1. The Morgan fingerprint density at radius 3 is 2.64 bits per heavy atom. The second kappa shape index (κ2) is 8.77. The van der Waals surface area contributed by atoms with Crippen LogP contribution >= 0.6 is 0 Å². The SMILES string of the molecule is CC(Cn1cncn1)NC(=O)c1cccc(S(=O)(=O)NCc2ccccc2)c1. The molecule has 9 heteroatoms. The molecule has 1 heterocycles. The van der Waals surface area contributed by atoms with Crippen molar-refractivity contribution in [2.24, 2.45) is 0 Å². The molecular formula is C19H21N5O3S. The molecule has 0 aliphatic heterocycles. The Labute approximate surface area is 163 Å². The highest BCUT2D eigenvalue weighted by Gasteiger charge is 2.17. The highest BCUT2D eigenvalue weighted by atomic mass is 32.2. The fourth-order valence-corrected chi connectivity index (χ4v) is 3.69. The van der Waals surface area contributed by atoms with Crippen LogP contribution in [0.2, 0.25) is 0 Å². The van der Waals surface area contributed by atoms with Crippen LogP contribution in [0.4, 0.5) is 0 Å². The molecule has 0 aliphatic carbocycles. The molecule has 8 nitrogen and oxygen atoms in total. The third-order valence-corrected chi connectivity index (χ3v) is 5.42. The van der Waals surface area contributed by atoms with Gasteiger partial charge in [-0.2, -0.15) is 5.10 Å². The van der Waals surface area contributed by atoms with Crippen molar-refractivity contribution in [3.05, 3.63) is 78.4 Å². The lowest BCUT2D eigenvalue weighted by Gasteiger charge is -2.14. The Bertz CT molecular complexity index is 1020. The number of aromatic nitrogens is 3. The molecule has 0 spiro atoms. The summed E-state index contributed by atoms with van der Waals surface area (Å²) in [6, 6.07) is 15.0. The van der Waals surface area contributed by atoms with Crippen LogP contribution in [0.25, 0.3) is 0 Å². The monoisotopic (exact) mass is 399 g/mol. The van der Waals surface area contributed by atoms with Gasteiger partial charge in [0, 0.05) is 18.2 Å². The predicted molar refractivity (Wildman–Crippen MR) is 104 cm³/mol. The lowest BCUT2D eigenvalue weighted by molar-refractivity contribution is 0.0935. The van der Waals surface area contributed by atoms with Crippen molar-refractivity contribution >= 4 is 15.9 Å². The zero-order chi connectivity index (χ0) is 20.0. The van der Waals surface area contributed by atoms with E-state index in [1.165, 1.54) is 18.5 Å². The van der Waals surface area contributed by atoms with Crippen LogP contribution in [-0.2, 0) is 23.1 Å². The molecule has 2 N–H and O–H groups in total. The van der Waals surface area contributed by atoms with Crippen molar-refractivity contribution < 1.29 is 13.2 Å². The Kier molecular flexibility index (Phi) is 6.17. The highest BCUT2D eigenvalue weighted by molar-refractivity contribution is 7.89. The molecule has 0 aliphatic rings. The average molecular weight is 399 g/mol. The molecule has 0 bridgehead atoms. The zero-order valence-electron chi connectivity index (χ0n) is 15.3. The summed E-state index contributed by atoms with van der Waals surface area (Å²) in [6.07, 6.45) is 2.99. The van der Waals surface area contributed by atoms with Crippen LogP contribution < -0.4 is 10.0 Å². The molecule has 146 valence electrons. The number of rotatable bonds is 8. The van der Waals surface area contributed by atoms with Crippen molar-refractivity contribution in [2.75, 3.05) is 0 Å². The number of hydrogen-bond donors (Lipinski definition) is 2. The lowest BCUT2D eigenvalue weighted by Crippen LogP contribution is -2.36. The van der Waals surface area contributed by atoms with E-state index in [2.05, 4.69) is 20.1 Å². The van der Waals surface area contributed by atoms with E-state index in [-0.39, 0.29) is 29.0 Å². The van der Waals surface area contributed by atoms with Gasteiger partial charge in [0.2, 0.25) is 10.0 Å². The van der Waals surface area contributed by atoms with Crippen molar-refractivity contribution in [3.63, 3.8) is 0 Å². The van der Waals surface area contributed by atoms with Crippen LogP contribution in [-0.4, -0.2) is 35.1 Å².